The summed E-state index contributed by atoms with van der Waals surface area (Å²) < 4.78 is 10.9. The number of rotatable bonds is 8. The molecule has 0 aliphatic carbocycles. The third-order valence-electron chi connectivity index (χ3n) is 3.88. The minimum atomic E-state index is -0.455. The lowest BCUT2D eigenvalue weighted by molar-refractivity contribution is -0.384. The van der Waals surface area contributed by atoms with E-state index in [0.29, 0.717) is 24.5 Å². The van der Waals surface area contributed by atoms with Crippen molar-refractivity contribution in [3.8, 4) is 11.5 Å². The molecule has 0 aromatic heterocycles. The highest BCUT2D eigenvalue weighted by Gasteiger charge is 2.13. The zero-order chi connectivity index (χ0) is 19.8. The number of hydrogen-bond donors (Lipinski definition) is 1. The molecule has 27 heavy (non-hydrogen) atoms. The van der Waals surface area contributed by atoms with Crippen LogP contribution >= 0.6 is 0 Å². The summed E-state index contributed by atoms with van der Waals surface area (Å²) in [6.07, 6.45) is 0.187. The number of non-ortho nitro benzene ring substituents is 1. The SMILES string of the molecule is CNC(CCOc1cccc([N+](=O)[O-])c1)c1cccc(OC(=O)N(C)C)c1. The number of carbonyl (C=O) groups is 1. The van der Waals surface area contributed by atoms with E-state index in [0.717, 1.165) is 5.56 Å². The molecular formula is C19H23N3O5. The third-order valence-corrected chi connectivity index (χ3v) is 3.88. The molecule has 0 spiro atoms. The Morgan fingerprint density at radius 1 is 1.19 bits per heavy atom. The van der Waals surface area contributed by atoms with Gasteiger partial charge in [-0.05, 0) is 30.8 Å². The molecule has 2 aromatic rings. The summed E-state index contributed by atoms with van der Waals surface area (Å²) in [6.45, 7) is 0.369. The fraction of sp³-hybridized carbons (Fsp3) is 0.316. The zero-order valence-corrected chi connectivity index (χ0v) is 15.5. The van der Waals surface area contributed by atoms with Crippen LogP contribution in [0.5, 0.6) is 11.5 Å². The monoisotopic (exact) mass is 373 g/mol. The van der Waals surface area contributed by atoms with Gasteiger partial charge in [0.05, 0.1) is 17.6 Å². The van der Waals surface area contributed by atoms with Crippen LogP contribution in [0.1, 0.15) is 18.0 Å². The van der Waals surface area contributed by atoms with Gasteiger partial charge in [-0.25, -0.2) is 4.79 Å². The Labute approximate surface area is 157 Å². The van der Waals surface area contributed by atoms with Crippen molar-refractivity contribution in [3.63, 3.8) is 0 Å². The quantitative estimate of drug-likeness (QED) is 0.563. The van der Waals surface area contributed by atoms with Crippen molar-refractivity contribution >= 4 is 11.8 Å². The van der Waals surface area contributed by atoms with Gasteiger partial charge in [-0.2, -0.15) is 0 Å². The Kier molecular flexibility index (Phi) is 7.13. The van der Waals surface area contributed by atoms with Crippen LogP contribution in [0, 0.1) is 10.1 Å². The number of nitro benzene ring substituents is 1. The molecule has 0 saturated carbocycles. The first-order valence-electron chi connectivity index (χ1n) is 8.44. The number of amides is 1. The number of hydrogen-bond acceptors (Lipinski definition) is 6. The predicted octanol–water partition coefficient (Wildman–Crippen LogP) is 3.38. The van der Waals surface area contributed by atoms with Gasteiger partial charge in [-0.15, -0.1) is 0 Å². The van der Waals surface area contributed by atoms with Gasteiger partial charge in [-0.1, -0.05) is 18.2 Å². The molecule has 0 bridgehead atoms. The van der Waals surface area contributed by atoms with Gasteiger partial charge in [-0.3, -0.25) is 10.1 Å². The van der Waals surface area contributed by atoms with Crippen LogP contribution in [-0.2, 0) is 0 Å². The maximum absolute atomic E-state index is 11.7. The summed E-state index contributed by atoms with van der Waals surface area (Å²) in [7, 11) is 5.07. The average molecular weight is 373 g/mol. The van der Waals surface area contributed by atoms with Crippen LogP contribution in [0.25, 0.3) is 0 Å². The number of nitrogens with zero attached hydrogens (tertiary/aromatic N) is 2. The van der Waals surface area contributed by atoms with Crippen LogP contribution in [0.4, 0.5) is 10.5 Å². The highest BCUT2D eigenvalue weighted by molar-refractivity contribution is 5.70. The zero-order valence-electron chi connectivity index (χ0n) is 15.5. The molecular weight excluding hydrogens is 350 g/mol. The minimum Gasteiger partial charge on any atom is -0.493 e. The minimum absolute atomic E-state index is 0.00641. The number of nitro groups is 1. The molecule has 1 atom stereocenters. The van der Waals surface area contributed by atoms with Gasteiger partial charge in [0.1, 0.15) is 11.5 Å². The Bertz CT molecular complexity index is 794. The molecule has 2 rings (SSSR count). The van der Waals surface area contributed by atoms with E-state index in [9.17, 15) is 14.9 Å². The third kappa shape index (κ3) is 5.96. The number of ether oxygens (including phenoxy) is 2. The molecule has 1 N–H and O–H groups in total. The van der Waals surface area contributed by atoms with E-state index in [1.165, 1.54) is 17.0 Å². The van der Waals surface area contributed by atoms with Crippen molar-refractivity contribution in [1.29, 1.82) is 0 Å². The second-order valence-electron chi connectivity index (χ2n) is 6.07. The van der Waals surface area contributed by atoms with Crippen LogP contribution in [-0.4, -0.2) is 43.7 Å². The lowest BCUT2D eigenvalue weighted by Gasteiger charge is -2.18. The predicted molar refractivity (Wildman–Crippen MR) is 101 cm³/mol. The van der Waals surface area contributed by atoms with Crippen molar-refractivity contribution in [3.05, 3.63) is 64.2 Å². The first-order valence-corrected chi connectivity index (χ1v) is 8.44. The molecule has 1 unspecified atom stereocenters. The molecule has 0 aliphatic heterocycles. The Morgan fingerprint density at radius 2 is 1.89 bits per heavy atom. The maximum Gasteiger partial charge on any atom is 0.414 e. The first kappa shape index (κ1) is 20.2. The van der Waals surface area contributed by atoms with E-state index in [1.807, 2.05) is 19.2 Å². The lowest BCUT2D eigenvalue weighted by atomic mass is 10.0. The van der Waals surface area contributed by atoms with E-state index in [2.05, 4.69) is 5.32 Å². The summed E-state index contributed by atoms with van der Waals surface area (Å²) in [4.78, 5) is 23.4. The van der Waals surface area contributed by atoms with E-state index in [4.69, 9.17) is 9.47 Å². The van der Waals surface area contributed by atoms with Crippen molar-refractivity contribution in [1.82, 2.24) is 10.2 Å². The highest BCUT2D eigenvalue weighted by Crippen LogP contribution is 2.23. The molecule has 0 radical (unpaired) electrons. The van der Waals surface area contributed by atoms with Crippen molar-refractivity contribution in [2.45, 2.75) is 12.5 Å². The Morgan fingerprint density at radius 3 is 2.56 bits per heavy atom. The number of nitrogens with one attached hydrogen (secondary N) is 1. The standard InChI is InChI=1S/C19H23N3O5/c1-20-18(10-11-26-16-8-5-7-15(13-16)22(24)25)14-6-4-9-17(12-14)27-19(23)21(2)3/h4-9,12-13,18,20H,10-11H2,1-3H3. The van der Waals surface area contributed by atoms with E-state index in [-0.39, 0.29) is 11.7 Å². The van der Waals surface area contributed by atoms with Gasteiger partial charge in [0.15, 0.2) is 0 Å². The Balaban J connectivity index is 1.98. The Hall–Kier alpha value is -3.13. The summed E-state index contributed by atoms with van der Waals surface area (Å²) in [6, 6.07) is 13.3. The van der Waals surface area contributed by atoms with E-state index in [1.54, 1.807) is 38.4 Å². The van der Waals surface area contributed by atoms with E-state index < -0.39 is 11.0 Å². The molecule has 8 heteroatoms. The molecule has 0 saturated heterocycles. The number of carbonyl (C=O) groups excluding carboxylic acids is 1. The largest absolute Gasteiger partial charge is 0.493 e. The van der Waals surface area contributed by atoms with E-state index >= 15 is 0 Å². The molecule has 0 aliphatic rings. The van der Waals surface area contributed by atoms with Crippen LogP contribution in [0.3, 0.4) is 0 Å². The van der Waals surface area contributed by atoms with Crippen LogP contribution in [0.15, 0.2) is 48.5 Å². The number of benzene rings is 2. The molecule has 8 nitrogen and oxygen atoms in total. The molecule has 144 valence electrons. The van der Waals surface area contributed by atoms with Gasteiger partial charge >= 0.3 is 6.09 Å². The van der Waals surface area contributed by atoms with Crippen molar-refractivity contribution < 1.29 is 19.2 Å². The normalized spacial score (nSPS) is 11.5. The molecule has 2 aromatic carbocycles. The summed E-state index contributed by atoms with van der Waals surface area (Å²) in [5.74, 6) is 0.916. The van der Waals surface area contributed by atoms with Crippen molar-refractivity contribution in [2.75, 3.05) is 27.7 Å². The molecule has 0 fully saturated rings. The van der Waals surface area contributed by atoms with Crippen molar-refractivity contribution in [2.24, 2.45) is 0 Å². The van der Waals surface area contributed by atoms with Crippen LogP contribution < -0.4 is 14.8 Å². The second-order valence-corrected chi connectivity index (χ2v) is 6.07. The average Bonchev–Trinajstić information content (AvgIpc) is 2.65. The maximum atomic E-state index is 11.7. The summed E-state index contributed by atoms with van der Waals surface area (Å²) in [5.41, 5.74) is 0.942. The van der Waals surface area contributed by atoms with Gasteiger partial charge in [0.2, 0.25) is 0 Å². The lowest BCUT2D eigenvalue weighted by Crippen LogP contribution is -2.25. The van der Waals surface area contributed by atoms with Gasteiger partial charge < -0.3 is 19.7 Å². The highest BCUT2D eigenvalue weighted by atomic mass is 16.6. The fourth-order valence-electron chi connectivity index (χ4n) is 2.45. The summed E-state index contributed by atoms with van der Waals surface area (Å²) >= 11 is 0. The summed E-state index contributed by atoms with van der Waals surface area (Å²) in [5, 5.41) is 14.0. The first-order chi connectivity index (χ1) is 12.9. The van der Waals surface area contributed by atoms with Gasteiger partial charge in [0, 0.05) is 32.6 Å². The van der Waals surface area contributed by atoms with Crippen LogP contribution in [0.2, 0.25) is 0 Å². The molecule has 0 heterocycles. The fourth-order valence-corrected chi connectivity index (χ4v) is 2.45. The second kappa shape index (κ2) is 9.54. The smallest absolute Gasteiger partial charge is 0.414 e. The molecule has 1 amide bonds. The topological polar surface area (TPSA) is 93.9 Å². The van der Waals surface area contributed by atoms with Gasteiger partial charge in [0.25, 0.3) is 5.69 Å².